The van der Waals surface area contributed by atoms with Crippen molar-refractivity contribution in [1.29, 1.82) is 0 Å². The number of aromatic amines is 1. The van der Waals surface area contributed by atoms with E-state index in [0.29, 0.717) is 11.7 Å². The number of aromatic nitrogens is 4. The summed E-state index contributed by atoms with van der Waals surface area (Å²) in [5, 5.41) is 6.58. The molecule has 2 rings (SSSR count). The zero-order valence-corrected chi connectivity index (χ0v) is 11.3. The number of nitrogens with one attached hydrogen (secondary N) is 2. The van der Waals surface area contributed by atoms with Crippen molar-refractivity contribution in [3.05, 3.63) is 44.6 Å². The van der Waals surface area contributed by atoms with E-state index in [2.05, 4.69) is 20.4 Å². The monoisotopic (exact) mass is 279 g/mol. The lowest BCUT2D eigenvalue weighted by Gasteiger charge is -2.08. The summed E-state index contributed by atoms with van der Waals surface area (Å²) in [6.45, 7) is 0.660. The molecule has 2 heterocycles. The van der Waals surface area contributed by atoms with Gasteiger partial charge in [-0.1, -0.05) is 6.07 Å². The summed E-state index contributed by atoms with van der Waals surface area (Å²) in [6.07, 6.45) is 1.67. The average Bonchev–Trinajstić information content (AvgIpc) is 2.38. The molecule has 2 aromatic heterocycles. The van der Waals surface area contributed by atoms with Gasteiger partial charge in [0.05, 0.1) is 0 Å². The van der Waals surface area contributed by atoms with Crippen LogP contribution in [-0.2, 0) is 13.6 Å². The van der Waals surface area contributed by atoms with Gasteiger partial charge in [0, 0.05) is 19.8 Å². The first kappa shape index (κ1) is 13.5. The topological polar surface area (TPSA) is 92.7 Å². The van der Waals surface area contributed by atoms with Crippen LogP contribution in [0.1, 0.15) is 5.56 Å². The maximum atomic E-state index is 11.3. The molecule has 8 heteroatoms. The molecule has 0 amide bonds. The van der Waals surface area contributed by atoms with E-state index in [1.165, 1.54) is 16.4 Å². The quantitative estimate of drug-likeness (QED) is 0.749. The fourth-order valence-corrected chi connectivity index (χ4v) is 2.35. The lowest BCUT2D eigenvalue weighted by Crippen LogP contribution is -2.33. The Balaban J connectivity index is 2.39. The van der Waals surface area contributed by atoms with E-state index < -0.39 is 11.1 Å². The van der Waals surface area contributed by atoms with E-state index >= 15 is 0 Å². The van der Waals surface area contributed by atoms with Crippen molar-refractivity contribution in [2.24, 2.45) is 7.05 Å². The fraction of sp³-hybridized carbons (Fsp3) is 0.273. The van der Waals surface area contributed by atoms with Crippen LogP contribution in [0.2, 0.25) is 0 Å². The molecule has 0 aliphatic rings. The first-order valence-corrected chi connectivity index (χ1v) is 6.37. The van der Waals surface area contributed by atoms with E-state index in [0.717, 1.165) is 10.6 Å². The van der Waals surface area contributed by atoms with Crippen LogP contribution in [0, 0.1) is 0 Å². The number of rotatable bonds is 4. The van der Waals surface area contributed by atoms with Crippen LogP contribution < -0.4 is 16.4 Å². The van der Waals surface area contributed by atoms with Crippen LogP contribution in [0.4, 0.5) is 0 Å². The van der Waals surface area contributed by atoms with Gasteiger partial charge in [0.1, 0.15) is 5.03 Å². The molecular weight excluding hydrogens is 266 g/mol. The number of hydrogen-bond acceptors (Lipinski definition) is 6. The van der Waals surface area contributed by atoms with Gasteiger partial charge in [0.15, 0.2) is 5.16 Å². The van der Waals surface area contributed by atoms with Gasteiger partial charge in [-0.05, 0) is 30.4 Å². The van der Waals surface area contributed by atoms with Gasteiger partial charge in [0.25, 0.3) is 0 Å². The Labute approximate surface area is 113 Å². The van der Waals surface area contributed by atoms with Crippen LogP contribution >= 0.6 is 11.8 Å². The largest absolute Gasteiger partial charge is 0.339 e. The maximum Gasteiger partial charge on any atom is 0.339 e. The first-order valence-electron chi connectivity index (χ1n) is 5.55. The average molecular weight is 279 g/mol. The summed E-state index contributed by atoms with van der Waals surface area (Å²) in [6, 6.07) is 3.78. The second-order valence-corrected chi connectivity index (χ2v) is 4.76. The smallest absolute Gasteiger partial charge is 0.316 e. The third-order valence-corrected chi connectivity index (χ3v) is 3.46. The summed E-state index contributed by atoms with van der Waals surface area (Å²) in [5.74, 6) is 0. The molecule has 0 saturated carbocycles. The molecular formula is C11H13N5O2S. The Hall–Kier alpha value is -1.93. The number of pyridine rings is 1. The van der Waals surface area contributed by atoms with Crippen molar-refractivity contribution < 1.29 is 0 Å². The normalized spacial score (nSPS) is 10.6. The molecule has 0 aliphatic carbocycles. The van der Waals surface area contributed by atoms with Crippen LogP contribution in [0.25, 0.3) is 0 Å². The molecule has 2 N–H and O–H groups in total. The van der Waals surface area contributed by atoms with Crippen LogP contribution in [-0.4, -0.2) is 26.8 Å². The second-order valence-electron chi connectivity index (χ2n) is 3.80. The molecule has 19 heavy (non-hydrogen) atoms. The Morgan fingerprint density at radius 3 is 3.00 bits per heavy atom. The highest BCUT2D eigenvalue weighted by Gasteiger charge is 2.10. The minimum absolute atomic E-state index is 0.389. The number of H-pyrrole nitrogens is 1. The zero-order chi connectivity index (χ0) is 13.8. The molecule has 0 spiro atoms. The highest BCUT2D eigenvalue weighted by Crippen LogP contribution is 2.25. The Morgan fingerprint density at radius 1 is 1.47 bits per heavy atom. The fourth-order valence-electron chi connectivity index (χ4n) is 1.48. The van der Waals surface area contributed by atoms with Gasteiger partial charge in [-0.15, -0.1) is 0 Å². The summed E-state index contributed by atoms with van der Waals surface area (Å²) in [7, 11) is 3.46. The van der Waals surface area contributed by atoms with E-state index in [1.807, 2.05) is 19.2 Å². The lowest BCUT2D eigenvalue weighted by molar-refractivity contribution is 0.595. The molecule has 0 aromatic carbocycles. The molecule has 0 saturated heterocycles. The molecule has 0 bridgehead atoms. The summed E-state index contributed by atoms with van der Waals surface area (Å²) in [5.41, 5.74) is -0.537. The zero-order valence-electron chi connectivity index (χ0n) is 10.5. The van der Waals surface area contributed by atoms with Crippen molar-refractivity contribution in [1.82, 2.24) is 25.1 Å². The number of nitrogens with zero attached hydrogens (tertiary/aromatic N) is 3. The van der Waals surface area contributed by atoms with Crippen molar-refractivity contribution in [2.75, 3.05) is 7.05 Å². The van der Waals surface area contributed by atoms with Crippen molar-refractivity contribution in [3.8, 4) is 0 Å². The van der Waals surface area contributed by atoms with Crippen LogP contribution in [0.15, 0.2) is 38.1 Å². The molecule has 2 aromatic rings. The van der Waals surface area contributed by atoms with Crippen molar-refractivity contribution >= 4 is 11.8 Å². The van der Waals surface area contributed by atoms with E-state index in [9.17, 15) is 9.59 Å². The molecule has 0 unspecified atom stereocenters. The Bertz CT molecular complexity index is 694. The Kier molecular flexibility index (Phi) is 4.13. The molecule has 0 radical (unpaired) electrons. The van der Waals surface area contributed by atoms with E-state index in [1.54, 1.807) is 13.2 Å². The Morgan fingerprint density at radius 2 is 2.26 bits per heavy atom. The van der Waals surface area contributed by atoms with Gasteiger partial charge >= 0.3 is 11.1 Å². The molecule has 0 aliphatic heterocycles. The predicted octanol–water partition coefficient (Wildman–Crippen LogP) is -0.266. The number of hydrogen-bond donors (Lipinski definition) is 2. The molecule has 100 valence electrons. The third-order valence-electron chi connectivity index (χ3n) is 2.35. The van der Waals surface area contributed by atoms with Gasteiger partial charge in [-0.25, -0.2) is 4.98 Å². The van der Waals surface area contributed by atoms with Crippen LogP contribution in [0.3, 0.4) is 0 Å². The summed E-state index contributed by atoms with van der Waals surface area (Å²) < 4.78 is 1.41. The highest BCUT2D eigenvalue weighted by atomic mass is 32.2. The minimum atomic E-state index is -0.799. The second kappa shape index (κ2) is 5.81. The van der Waals surface area contributed by atoms with Gasteiger partial charge in [-0.2, -0.15) is 4.98 Å². The molecule has 0 atom stereocenters. The van der Waals surface area contributed by atoms with E-state index in [4.69, 9.17) is 0 Å². The predicted molar refractivity (Wildman–Crippen MR) is 71.2 cm³/mol. The first-order chi connectivity index (χ1) is 9.11. The standard InChI is InChI=1S/C11H13N5O2S/c1-12-6-7-4-3-5-13-10(7)19-11-14-8(17)9(18)15-16(11)2/h3-5,12H,6H2,1-2H3,(H,15,18). The minimum Gasteiger partial charge on any atom is -0.316 e. The van der Waals surface area contributed by atoms with Gasteiger partial charge in [0.2, 0.25) is 0 Å². The van der Waals surface area contributed by atoms with Gasteiger partial charge in [-0.3, -0.25) is 19.4 Å². The number of aryl methyl sites for hydroxylation is 1. The molecule has 0 fully saturated rings. The SMILES string of the molecule is CNCc1cccnc1Sc1nc(=O)c(=O)[nH]n1C. The van der Waals surface area contributed by atoms with Crippen molar-refractivity contribution in [3.63, 3.8) is 0 Å². The summed E-state index contributed by atoms with van der Waals surface area (Å²) in [4.78, 5) is 30.4. The molecule has 7 nitrogen and oxygen atoms in total. The summed E-state index contributed by atoms with van der Waals surface area (Å²) >= 11 is 1.23. The van der Waals surface area contributed by atoms with Crippen LogP contribution in [0.5, 0.6) is 0 Å². The maximum absolute atomic E-state index is 11.3. The lowest BCUT2D eigenvalue weighted by atomic mass is 10.3. The highest BCUT2D eigenvalue weighted by molar-refractivity contribution is 7.99. The van der Waals surface area contributed by atoms with Crippen molar-refractivity contribution in [2.45, 2.75) is 16.7 Å². The van der Waals surface area contributed by atoms with Gasteiger partial charge < -0.3 is 5.32 Å². The van der Waals surface area contributed by atoms with E-state index in [-0.39, 0.29) is 0 Å². The third kappa shape index (κ3) is 3.09.